The first-order valence-corrected chi connectivity index (χ1v) is 6.37. The lowest BCUT2D eigenvalue weighted by Crippen LogP contribution is -2.19. The zero-order chi connectivity index (χ0) is 14.7. The summed E-state index contributed by atoms with van der Waals surface area (Å²) in [6.07, 6.45) is 0. The van der Waals surface area contributed by atoms with Crippen LogP contribution in [-0.2, 0) is 0 Å². The molecular weight excluding hydrogens is 260 g/mol. The molecule has 2 nitrogen and oxygen atoms in total. The van der Waals surface area contributed by atoms with E-state index in [0.29, 0.717) is 17.9 Å². The fourth-order valence-electron chi connectivity index (χ4n) is 2.22. The Morgan fingerprint density at radius 1 is 1.15 bits per heavy atom. The van der Waals surface area contributed by atoms with Gasteiger partial charge < -0.3 is 4.90 Å². The monoisotopic (exact) mass is 275 g/mol. The molecule has 0 N–H and O–H groups in total. The molecule has 0 aliphatic carbocycles. The zero-order valence-corrected chi connectivity index (χ0v) is 11.4. The first kappa shape index (κ1) is 14.2. The molecule has 0 aliphatic heterocycles. The van der Waals surface area contributed by atoms with Crippen LogP contribution in [0, 0.1) is 11.6 Å². The molecule has 2 rings (SSSR count). The van der Waals surface area contributed by atoms with Gasteiger partial charge in [-0.15, -0.1) is 0 Å². The Hall–Kier alpha value is -2.23. The highest BCUT2D eigenvalue weighted by molar-refractivity contribution is 6.00. The smallest absolute Gasteiger partial charge is 0.164 e. The maximum absolute atomic E-state index is 13.9. The summed E-state index contributed by atoms with van der Waals surface area (Å²) < 4.78 is 27.2. The van der Waals surface area contributed by atoms with Crippen LogP contribution in [0.4, 0.5) is 20.2 Å². The number of carbonyl (C=O) groups is 1. The maximum Gasteiger partial charge on any atom is 0.164 e. The highest BCUT2D eigenvalue weighted by Gasteiger charge is 2.18. The summed E-state index contributed by atoms with van der Waals surface area (Å²) in [5.74, 6) is -1.29. The number of halogens is 2. The number of nitrogens with zero attached hydrogens (tertiary/aromatic N) is 1. The standard InChI is InChI=1S/C16H15F2NO/c1-3-19(13-7-4-6-12(17)10-13)15-9-5-8-14(18)16(15)11(2)20/h4-10H,3H2,1-2H3. The quantitative estimate of drug-likeness (QED) is 0.774. The molecule has 20 heavy (non-hydrogen) atoms. The summed E-state index contributed by atoms with van der Waals surface area (Å²) >= 11 is 0. The molecule has 0 spiro atoms. The van der Waals surface area contributed by atoms with Gasteiger partial charge in [-0.25, -0.2) is 8.78 Å². The van der Waals surface area contributed by atoms with Crippen LogP contribution in [0.2, 0.25) is 0 Å². The second kappa shape index (κ2) is 5.82. The summed E-state index contributed by atoms with van der Waals surface area (Å²) in [4.78, 5) is 13.4. The summed E-state index contributed by atoms with van der Waals surface area (Å²) in [6.45, 7) is 3.67. The van der Waals surface area contributed by atoms with Crippen LogP contribution in [-0.4, -0.2) is 12.3 Å². The number of ketones is 1. The Bertz CT molecular complexity index is 640. The molecule has 0 aliphatic rings. The lowest BCUT2D eigenvalue weighted by Gasteiger charge is -2.25. The van der Waals surface area contributed by atoms with Gasteiger partial charge in [-0.1, -0.05) is 12.1 Å². The highest BCUT2D eigenvalue weighted by atomic mass is 19.1. The fourth-order valence-corrected chi connectivity index (χ4v) is 2.22. The molecular formula is C16H15F2NO. The van der Waals surface area contributed by atoms with E-state index in [1.807, 2.05) is 6.92 Å². The minimum absolute atomic E-state index is 0.0265. The van der Waals surface area contributed by atoms with Gasteiger partial charge >= 0.3 is 0 Å². The van der Waals surface area contributed by atoms with Crippen molar-refractivity contribution in [2.24, 2.45) is 0 Å². The second-order valence-corrected chi connectivity index (χ2v) is 4.41. The number of benzene rings is 2. The number of hydrogen-bond donors (Lipinski definition) is 0. The fraction of sp³-hybridized carbons (Fsp3) is 0.188. The van der Waals surface area contributed by atoms with Gasteiger partial charge in [0, 0.05) is 12.2 Å². The van der Waals surface area contributed by atoms with Crippen LogP contribution in [0.15, 0.2) is 42.5 Å². The van der Waals surface area contributed by atoms with E-state index in [0.717, 1.165) is 0 Å². The van der Waals surface area contributed by atoms with Crippen LogP contribution in [0.1, 0.15) is 24.2 Å². The van der Waals surface area contributed by atoms with Crippen LogP contribution in [0.25, 0.3) is 0 Å². The Balaban J connectivity index is 2.58. The summed E-state index contributed by atoms with van der Waals surface area (Å²) in [6, 6.07) is 10.5. The van der Waals surface area contributed by atoms with Crippen molar-refractivity contribution in [2.75, 3.05) is 11.4 Å². The molecule has 2 aromatic rings. The molecule has 0 fully saturated rings. The average molecular weight is 275 g/mol. The van der Waals surface area contributed by atoms with E-state index in [4.69, 9.17) is 0 Å². The van der Waals surface area contributed by atoms with Gasteiger partial charge in [0.25, 0.3) is 0 Å². The topological polar surface area (TPSA) is 20.3 Å². The minimum atomic E-state index is -0.565. The molecule has 0 saturated carbocycles. The van der Waals surface area contributed by atoms with E-state index >= 15 is 0 Å². The maximum atomic E-state index is 13.9. The lowest BCUT2D eigenvalue weighted by atomic mass is 10.1. The Labute approximate surface area is 116 Å². The summed E-state index contributed by atoms with van der Waals surface area (Å²) in [5, 5.41) is 0. The van der Waals surface area contributed by atoms with E-state index in [1.165, 1.54) is 25.1 Å². The third-order valence-electron chi connectivity index (χ3n) is 3.07. The predicted octanol–water partition coefficient (Wildman–Crippen LogP) is 4.33. The number of rotatable bonds is 4. The van der Waals surface area contributed by atoms with Crippen molar-refractivity contribution in [1.82, 2.24) is 0 Å². The Kier molecular flexibility index (Phi) is 4.13. The molecule has 4 heteroatoms. The van der Waals surface area contributed by atoms with Gasteiger partial charge in [-0.2, -0.15) is 0 Å². The van der Waals surface area contributed by atoms with Crippen molar-refractivity contribution in [1.29, 1.82) is 0 Å². The van der Waals surface area contributed by atoms with E-state index in [-0.39, 0.29) is 17.2 Å². The Morgan fingerprint density at radius 2 is 1.85 bits per heavy atom. The van der Waals surface area contributed by atoms with Crippen molar-refractivity contribution >= 4 is 17.2 Å². The summed E-state index contributed by atoms with van der Waals surface area (Å²) in [7, 11) is 0. The summed E-state index contributed by atoms with van der Waals surface area (Å²) in [5.41, 5.74) is 1.06. The number of Topliss-reactive ketones (excluding diaryl/α,β-unsaturated/α-hetero) is 1. The van der Waals surface area contributed by atoms with Crippen LogP contribution in [0.5, 0.6) is 0 Å². The van der Waals surface area contributed by atoms with E-state index in [1.54, 1.807) is 29.2 Å². The van der Waals surface area contributed by atoms with E-state index in [9.17, 15) is 13.6 Å². The van der Waals surface area contributed by atoms with Crippen molar-refractivity contribution in [3.8, 4) is 0 Å². The van der Waals surface area contributed by atoms with Gasteiger partial charge in [0.2, 0.25) is 0 Å². The normalized spacial score (nSPS) is 10.4. The molecule has 0 aromatic heterocycles. The van der Waals surface area contributed by atoms with Gasteiger partial charge in [0.1, 0.15) is 11.6 Å². The molecule has 104 valence electrons. The van der Waals surface area contributed by atoms with Crippen LogP contribution >= 0.6 is 0 Å². The largest absolute Gasteiger partial charge is 0.341 e. The van der Waals surface area contributed by atoms with Gasteiger partial charge in [-0.3, -0.25) is 4.79 Å². The lowest BCUT2D eigenvalue weighted by molar-refractivity contribution is 0.101. The van der Waals surface area contributed by atoms with Crippen molar-refractivity contribution < 1.29 is 13.6 Å². The number of anilines is 2. The molecule has 0 atom stereocenters. The van der Waals surface area contributed by atoms with Crippen molar-refractivity contribution in [2.45, 2.75) is 13.8 Å². The number of hydrogen-bond acceptors (Lipinski definition) is 2. The second-order valence-electron chi connectivity index (χ2n) is 4.41. The van der Waals surface area contributed by atoms with Gasteiger partial charge in [0.05, 0.1) is 11.3 Å². The predicted molar refractivity (Wildman–Crippen MR) is 75.5 cm³/mol. The van der Waals surface area contributed by atoms with E-state index < -0.39 is 5.82 Å². The average Bonchev–Trinajstić information content (AvgIpc) is 2.39. The zero-order valence-electron chi connectivity index (χ0n) is 11.4. The third kappa shape index (κ3) is 2.69. The first-order chi connectivity index (χ1) is 9.54. The third-order valence-corrected chi connectivity index (χ3v) is 3.07. The molecule has 0 amide bonds. The van der Waals surface area contributed by atoms with Gasteiger partial charge in [-0.05, 0) is 44.2 Å². The molecule has 2 aromatic carbocycles. The van der Waals surface area contributed by atoms with Crippen molar-refractivity contribution in [3.05, 3.63) is 59.7 Å². The van der Waals surface area contributed by atoms with Crippen LogP contribution in [0.3, 0.4) is 0 Å². The van der Waals surface area contributed by atoms with E-state index in [2.05, 4.69) is 0 Å². The molecule has 0 saturated heterocycles. The highest BCUT2D eigenvalue weighted by Crippen LogP contribution is 2.30. The SMILES string of the molecule is CCN(c1cccc(F)c1)c1cccc(F)c1C(C)=O. The van der Waals surface area contributed by atoms with Gasteiger partial charge in [0.15, 0.2) is 5.78 Å². The molecule has 0 heterocycles. The Morgan fingerprint density at radius 3 is 2.45 bits per heavy atom. The van der Waals surface area contributed by atoms with Crippen LogP contribution < -0.4 is 4.90 Å². The minimum Gasteiger partial charge on any atom is -0.341 e. The molecule has 0 unspecified atom stereocenters. The molecule has 0 bridgehead atoms. The first-order valence-electron chi connectivity index (χ1n) is 6.37. The van der Waals surface area contributed by atoms with Crippen molar-refractivity contribution in [3.63, 3.8) is 0 Å². The number of carbonyl (C=O) groups excluding carboxylic acids is 1. The molecule has 0 radical (unpaired) electrons.